The summed E-state index contributed by atoms with van der Waals surface area (Å²) in [5, 5.41) is 9.66. The third-order valence-electron chi connectivity index (χ3n) is 2.47. The van der Waals surface area contributed by atoms with Gasteiger partial charge in [-0.1, -0.05) is 24.3 Å². The van der Waals surface area contributed by atoms with Gasteiger partial charge in [-0.05, 0) is 12.5 Å². The first-order valence-corrected chi connectivity index (χ1v) is 4.95. The molecular weight excluding hydrogens is 188 g/mol. The van der Waals surface area contributed by atoms with Crippen LogP contribution in [-0.4, -0.2) is 14.7 Å². The molecule has 1 N–H and O–H groups in total. The molecule has 1 aromatic heterocycles. The highest BCUT2D eigenvalue weighted by atomic mass is 16.3. The molecule has 0 saturated carbocycles. The van der Waals surface area contributed by atoms with Gasteiger partial charge in [-0.15, -0.1) is 0 Å². The first kappa shape index (κ1) is 9.93. The van der Waals surface area contributed by atoms with Gasteiger partial charge in [0, 0.05) is 25.0 Å². The summed E-state index contributed by atoms with van der Waals surface area (Å²) in [6.45, 7) is 1.77. The van der Waals surface area contributed by atoms with Gasteiger partial charge in [0.15, 0.2) is 0 Å². The Hall–Kier alpha value is -1.61. The molecule has 3 heteroatoms. The summed E-state index contributed by atoms with van der Waals surface area (Å²) in [5.74, 6) is 0.881. The highest BCUT2D eigenvalue weighted by molar-refractivity contribution is 5.61. The van der Waals surface area contributed by atoms with Crippen LogP contribution in [0.4, 0.5) is 0 Å². The van der Waals surface area contributed by atoms with Gasteiger partial charge in [0.2, 0.25) is 0 Å². The van der Waals surface area contributed by atoms with Crippen molar-refractivity contribution in [1.29, 1.82) is 0 Å². The zero-order chi connectivity index (χ0) is 10.8. The molecule has 15 heavy (non-hydrogen) atoms. The molecule has 0 fully saturated rings. The predicted octanol–water partition coefficient (Wildman–Crippen LogP) is 2.14. The van der Waals surface area contributed by atoms with Gasteiger partial charge in [0.05, 0.1) is 6.10 Å². The quantitative estimate of drug-likeness (QED) is 0.810. The first-order chi connectivity index (χ1) is 7.20. The molecular formula is C12H14N2O. The number of aliphatic hydroxyl groups excluding tert-OH is 1. The van der Waals surface area contributed by atoms with E-state index in [-0.39, 0.29) is 0 Å². The first-order valence-electron chi connectivity index (χ1n) is 4.95. The fraction of sp³-hybridized carbons (Fsp3) is 0.250. The van der Waals surface area contributed by atoms with Crippen molar-refractivity contribution in [2.75, 3.05) is 0 Å². The van der Waals surface area contributed by atoms with Crippen molar-refractivity contribution < 1.29 is 5.11 Å². The van der Waals surface area contributed by atoms with E-state index in [4.69, 9.17) is 0 Å². The summed E-state index contributed by atoms with van der Waals surface area (Å²) < 4.78 is 1.95. The average molecular weight is 202 g/mol. The van der Waals surface area contributed by atoms with Crippen molar-refractivity contribution in [3.8, 4) is 11.4 Å². The van der Waals surface area contributed by atoms with Gasteiger partial charge in [0.1, 0.15) is 5.82 Å². The van der Waals surface area contributed by atoms with Crippen LogP contribution >= 0.6 is 0 Å². The average Bonchev–Trinajstić information content (AvgIpc) is 2.64. The van der Waals surface area contributed by atoms with E-state index in [0.29, 0.717) is 0 Å². The number of hydrogen-bond donors (Lipinski definition) is 1. The molecule has 3 nitrogen and oxygen atoms in total. The number of aryl methyl sites for hydroxylation is 1. The van der Waals surface area contributed by atoms with Crippen LogP contribution in [0.2, 0.25) is 0 Å². The molecule has 0 aliphatic heterocycles. The smallest absolute Gasteiger partial charge is 0.139 e. The summed E-state index contributed by atoms with van der Waals surface area (Å²) in [6.07, 6.45) is 3.18. The molecule has 0 aliphatic carbocycles. The molecule has 1 unspecified atom stereocenters. The number of hydrogen-bond acceptors (Lipinski definition) is 2. The lowest BCUT2D eigenvalue weighted by Crippen LogP contribution is -1.98. The summed E-state index contributed by atoms with van der Waals surface area (Å²) in [5.41, 5.74) is 1.90. The number of aromatic nitrogens is 2. The number of nitrogens with zero attached hydrogens (tertiary/aromatic N) is 2. The fourth-order valence-electron chi connectivity index (χ4n) is 1.69. The highest BCUT2D eigenvalue weighted by Crippen LogP contribution is 2.26. The fourth-order valence-corrected chi connectivity index (χ4v) is 1.69. The van der Waals surface area contributed by atoms with E-state index < -0.39 is 6.10 Å². The van der Waals surface area contributed by atoms with Crippen molar-refractivity contribution >= 4 is 0 Å². The molecule has 1 aromatic carbocycles. The lowest BCUT2D eigenvalue weighted by atomic mass is 10.0. The molecule has 0 saturated heterocycles. The van der Waals surface area contributed by atoms with Gasteiger partial charge < -0.3 is 9.67 Å². The van der Waals surface area contributed by atoms with Crippen LogP contribution in [0, 0.1) is 0 Å². The number of imidazole rings is 1. The van der Waals surface area contributed by atoms with Crippen molar-refractivity contribution in [2.45, 2.75) is 13.0 Å². The Morgan fingerprint density at radius 1 is 1.33 bits per heavy atom. The van der Waals surface area contributed by atoms with Gasteiger partial charge in [-0.2, -0.15) is 0 Å². The monoisotopic (exact) mass is 202 g/mol. The molecule has 1 atom stereocenters. The van der Waals surface area contributed by atoms with Gasteiger partial charge >= 0.3 is 0 Å². The number of benzene rings is 1. The number of aliphatic hydroxyl groups is 1. The maximum atomic E-state index is 9.66. The lowest BCUT2D eigenvalue weighted by Gasteiger charge is -2.11. The second kappa shape index (κ2) is 3.87. The van der Waals surface area contributed by atoms with E-state index >= 15 is 0 Å². The largest absolute Gasteiger partial charge is 0.389 e. The zero-order valence-corrected chi connectivity index (χ0v) is 8.88. The van der Waals surface area contributed by atoms with Gasteiger partial charge in [0.25, 0.3) is 0 Å². The standard InChI is InChI=1S/C12H14N2O/c1-9(15)10-5-3-4-6-11(10)12-13-7-8-14(12)2/h3-9,15H,1-2H3. The maximum Gasteiger partial charge on any atom is 0.139 e. The topological polar surface area (TPSA) is 38.1 Å². The van der Waals surface area contributed by atoms with E-state index in [2.05, 4.69) is 4.98 Å². The van der Waals surface area contributed by atoms with E-state index in [9.17, 15) is 5.11 Å². The lowest BCUT2D eigenvalue weighted by molar-refractivity contribution is 0.200. The Morgan fingerprint density at radius 2 is 2.07 bits per heavy atom. The second-order valence-corrected chi connectivity index (χ2v) is 3.62. The molecule has 0 bridgehead atoms. The van der Waals surface area contributed by atoms with E-state index in [0.717, 1.165) is 17.0 Å². The Morgan fingerprint density at radius 3 is 2.67 bits per heavy atom. The van der Waals surface area contributed by atoms with Crippen LogP contribution in [0.5, 0.6) is 0 Å². The predicted molar refractivity (Wildman–Crippen MR) is 59.3 cm³/mol. The van der Waals surface area contributed by atoms with Crippen LogP contribution in [0.25, 0.3) is 11.4 Å². The summed E-state index contributed by atoms with van der Waals surface area (Å²) >= 11 is 0. The molecule has 2 aromatic rings. The molecule has 0 amide bonds. The molecule has 78 valence electrons. The Kier molecular flexibility index (Phi) is 2.56. The third kappa shape index (κ3) is 1.78. The zero-order valence-electron chi connectivity index (χ0n) is 8.88. The minimum absolute atomic E-state index is 0.474. The van der Waals surface area contributed by atoms with Crippen molar-refractivity contribution in [1.82, 2.24) is 9.55 Å². The molecule has 0 radical (unpaired) electrons. The maximum absolute atomic E-state index is 9.66. The van der Waals surface area contributed by atoms with Crippen molar-refractivity contribution in [3.05, 3.63) is 42.2 Å². The van der Waals surface area contributed by atoms with E-state index in [1.54, 1.807) is 13.1 Å². The number of rotatable bonds is 2. The molecule has 0 aliphatic rings. The SMILES string of the molecule is CC(O)c1ccccc1-c1nccn1C. The Bertz CT molecular complexity index is 460. The minimum Gasteiger partial charge on any atom is -0.389 e. The second-order valence-electron chi connectivity index (χ2n) is 3.62. The normalized spacial score (nSPS) is 12.7. The van der Waals surface area contributed by atoms with E-state index in [1.165, 1.54) is 0 Å². The van der Waals surface area contributed by atoms with Crippen LogP contribution in [0.15, 0.2) is 36.7 Å². The van der Waals surface area contributed by atoms with Crippen LogP contribution < -0.4 is 0 Å². The summed E-state index contributed by atoms with van der Waals surface area (Å²) in [6, 6.07) is 7.78. The highest BCUT2D eigenvalue weighted by Gasteiger charge is 2.11. The molecule has 1 heterocycles. The van der Waals surface area contributed by atoms with E-state index in [1.807, 2.05) is 42.1 Å². The van der Waals surface area contributed by atoms with Crippen LogP contribution in [0.3, 0.4) is 0 Å². The Labute approximate surface area is 89.0 Å². The molecule has 0 spiro atoms. The van der Waals surface area contributed by atoms with Crippen LogP contribution in [0.1, 0.15) is 18.6 Å². The summed E-state index contributed by atoms with van der Waals surface area (Å²) in [7, 11) is 1.95. The van der Waals surface area contributed by atoms with Gasteiger partial charge in [-0.25, -0.2) is 4.98 Å². The Balaban J connectivity index is 2.58. The summed E-state index contributed by atoms with van der Waals surface area (Å²) in [4.78, 5) is 4.28. The minimum atomic E-state index is -0.474. The van der Waals surface area contributed by atoms with Crippen molar-refractivity contribution in [3.63, 3.8) is 0 Å². The third-order valence-corrected chi connectivity index (χ3v) is 2.47. The molecule has 2 rings (SSSR count). The van der Waals surface area contributed by atoms with Crippen LogP contribution in [-0.2, 0) is 7.05 Å². The van der Waals surface area contributed by atoms with Gasteiger partial charge in [-0.3, -0.25) is 0 Å². The van der Waals surface area contributed by atoms with Crippen molar-refractivity contribution in [2.24, 2.45) is 7.05 Å².